The molecule has 0 unspecified atom stereocenters. The summed E-state index contributed by atoms with van der Waals surface area (Å²) in [5, 5.41) is 3.46. The Morgan fingerprint density at radius 3 is 1.46 bits per heavy atom. The van der Waals surface area contributed by atoms with Gasteiger partial charge in [-0.2, -0.15) is 0 Å². The quantitative estimate of drug-likeness (QED) is 0.146. The van der Waals surface area contributed by atoms with Gasteiger partial charge in [0.2, 0.25) is 0 Å². The van der Waals surface area contributed by atoms with Crippen LogP contribution in [0, 0.1) is 0 Å². The van der Waals surface area contributed by atoms with E-state index in [1.54, 1.807) is 0 Å². The fourth-order valence-corrected chi connectivity index (χ4v) is 1.66. The zero-order valence-electron chi connectivity index (χ0n) is 15.0. The lowest BCUT2D eigenvalue weighted by molar-refractivity contribution is -0.0113. The maximum atomic E-state index is 8.11. The van der Waals surface area contributed by atoms with Gasteiger partial charge in [0.1, 0.15) is 0 Å². The highest BCUT2D eigenvalue weighted by molar-refractivity contribution is 4.47. The third-order valence-electron chi connectivity index (χ3n) is 2.99. The summed E-state index contributed by atoms with van der Waals surface area (Å²) in [6.45, 7) is 8.81. The second-order valence-corrected chi connectivity index (χ2v) is 5.08. The van der Waals surface area contributed by atoms with Gasteiger partial charge >= 0.3 is 0 Å². The SMILES string of the molecule is CCCCOCCOCCOCCOCCOCCCCN=[N+]=[N-]. The highest BCUT2D eigenvalue weighted by atomic mass is 16.6. The maximum absolute atomic E-state index is 8.11. The number of rotatable bonds is 20. The summed E-state index contributed by atoms with van der Waals surface area (Å²) in [7, 11) is 0. The summed E-state index contributed by atoms with van der Waals surface area (Å²) >= 11 is 0. The van der Waals surface area contributed by atoms with Crippen LogP contribution in [0.1, 0.15) is 32.6 Å². The summed E-state index contributed by atoms with van der Waals surface area (Å²) in [5.74, 6) is 0. The lowest BCUT2D eigenvalue weighted by Crippen LogP contribution is -2.13. The first-order valence-corrected chi connectivity index (χ1v) is 8.81. The van der Waals surface area contributed by atoms with Crippen molar-refractivity contribution in [1.82, 2.24) is 0 Å². The first kappa shape index (κ1) is 23.1. The minimum atomic E-state index is 0.531. The van der Waals surface area contributed by atoms with E-state index in [1.807, 2.05) is 0 Å². The van der Waals surface area contributed by atoms with Gasteiger partial charge in [-0.15, -0.1) is 0 Å². The van der Waals surface area contributed by atoms with E-state index in [0.717, 1.165) is 32.3 Å². The molecule has 24 heavy (non-hydrogen) atoms. The summed E-state index contributed by atoms with van der Waals surface area (Å²) in [4.78, 5) is 2.69. The number of azide groups is 1. The van der Waals surface area contributed by atoms with E-state index in [2.05, 4.69) is 16.9 Å². The zero-order chi connectivity index (χ0) is 17.6. The monoisotopic (exact) mass is 347 g/mol. The smallest absolute Gasteiger partial charge is 0.0701 e. The van der Waals surface area contributed by atoms with Crippen LogP contribution in [0.3, 0.4) is 0 Å². The van der Waals surface area contributed by atoms with Crippen molar-refractivity contribution in [1.29, 1.82) is 0 Å². The average Bonchev–Trinajstić information content (AvgIpc) is 2.60. The van der Waals surface area contributed by atoms with Gasteiger partial charge in [-0.1, -0.05) is 18.5 Å². The summed E-state index contributed by atoms with van der Waals surface area (Å²) in [5.41, 5.74) is 8.11. The standard InChI is InChI=1S/C16H33N3O5/c1-2-3-7-20-9-11-22-13-15-24-16-14-23-12-10-21-8-5-4-6-18-19-17/h2-16H2,1H3. The Bertz CT molecular complexity index is 289. The van der Waals surface area contributed by atoms with Crippen molar-refractivity contribution >= 4 is 0 Å². The van der Waals surface area contributed by atoms with Gasteiger partial charge in [-0.3, -0.25) is 0 Å². The van der Waals surface area contributed by atoms with Gasteiger partial charge in [0.05, 0.1) is 52.9 Å². The first-order chi connectivity index (χ1) is 11.9. The molecule has 0 amide bonds. The predicted molar refractivity (Wildman–Crippen MR) is 92.3 cm³/mol. The normalized spacial score (nSPS) is 10.7. The molecule has 0 bridgehead atoms. The summed E-state index contributed by atoms with van der Waals surface area (Å²) in [6, 6.07) is 0. The average molecular weight is 347 g/mol. The van der Waals surface area contributed by atoms with Gasteiger partial charge in [-0.05, 0) is 24.8 Å². The predicted octanol–water partition coefficient (Wildman–Crippen LogP) is 2.96. The molecule has 0 heterocycles. The summed E-state index contributed by atoms with van der Waals surface area (Å²) < 4.78 is 26.9. The van der Waals surface area contributed by atoms with Crippen LogP contribution in [0.2, 0.25) is 0 Å². The van der Waals surface area contributed by atoms with E-state index in [0.29, 0.717) is 66.0 Å². The molecule has 142 valence electrons. The topological polar surface area (TPSA) is 94.9 Å². The van der Waals surface area contributed by atoms with Crippen LogP contribution in [-0.4, -0.2) is 72.6 Å². The molecular formula is C16H33N3O5. The molecule has 8 heteroatoms. The second-order valence-electron chi connectivity index (χ2n) is 5.08. The van der Waals surface area contributed by atoms with Gasteiger partial charge in [-0.25, -0.2) is 0 Å². The van der Waals surface area contributed by atoms with E-state index in [9.17, 15) is 0 Å². The zero-order valence-corrected chi connectivity index (χ0v) is 15.0. The van der Waals surface area contributed by atoms with Crippen LogP contribution in [0.25, 0.3) is 10.4 Å². The Balaban J connectivity index is 2.96. The molecule has 0 aromatic carbocycles. The molecule has 0 aliphatic heterocycles. The molecule has 0 fully saturated rings. The Kier molecular flexibility index (Phi) is 21.3. The van der Waals surface area contributed by atoms with Crippen molar-refractivity contribution in [2.24, 2.45) is 5.11 Å². The molecule has 8 nitrogen and oxygen atoms in total. The van der Waals surface area contributed by atoms with Crippen molar-refractivity contribution in [3.8, 4) is 0 Å². The summed E-state index contributed by atoms with van der Waals surface area (Å²) in [6.07, 6.45) is 4.00. The lowest BCUT2D eigenvalue weighted by atomic mass is 10.3. The Labute approximate surface area is 145 Å². The van der Waals surface area contributed by atoms with Crippen LogP contribution >= 0.6 is 0 Å². The molecule has 0 aromatic rings. The highest BCUT2D eigenvalue weighted by Gasteiger charge is 1.93. The van der Waals surface area contributed by atoms with Gasteiger partial charge in [0.15, 0.2) is 0 Å². The second kappa shape index (κ2) is 22.1. The fraction of sp³-hybridized carbons (Fsp3) is 1.00. The minimum absolute atomic E-state index is 0.531. The van der Waals surface area contributed by atoms with E-state index in [4.69, 9.17) is 29.2 Å². The van der Waals surface area contributed by atoms with Crippen molar-refractivity contribution in [3.63, 3.8) is 0 Å². The number of nitrogens with zero attached hydrogens (tertiary/aromatic N) is 3. The maximum Gasteiger partial charge on any atom is 0.0701 e. The molecule has 0 aliphatic carbocycles. The van der Waals surface area contributed by atoms with Crippen molar-refractivity contribution in [3.05, 3.63) is 10.4 Å². The van der Waals surface area contributed by atoms with E-state index < -0.39 is 0 Å². The van der Waals surface area contributed by atoms with Crippen molar-refractivity contribution < 1.29 is 23.7 Å². The molecule has 0 aliphatic rings. The van der Waals surface area contributed by atoms with Crippen molar-refractivity contribution in [2.75, 3.05) is 72.6 Å². The first-order valence-electron chi connectivity index (χ1n) is 8.81. The Morgan fingerprint density at radius 1 is 0.625 bits per heavy atom. The Hall–Kier alpha value is -0.890. The van der Waals surface area contributed by atoms with Gasteiger partial charge in [0, 0.05) is 24.7 Å². The van der Waals surface area contributed by atoms with Crippen LogP contribution in [0.5, 0.6) is 0 Å². The van der Waals surface area contributed by atoms with Crippen LogP contribution in [-0.2, 0) is 23.7 Å². The third kappa shape index (κ3) is 21.1. The van der Waals surface area contributed by atoms with Crippen LogP contribution < -0.4 is 0 Å². The number of hydrogen-bond acceptors (Lipinski definition) is 6. The van der Waals surface area contributed by atoms with Crippen LogP contribution in [0.4, 0.5) is 0 Å². The lowest BCUT2D eigenvalue weighted by Gasteiger charge is -2.07. The van der Waals surface area contributed by atoms with E-state index >= 15 is 0 Å². The molecule has 0 spiro atoms. The van der Waals surface area contributed by atoms with E-state index in [1.165, 1.54) is 0 Å². The van der Waals surface area contributed by atoms with E-state index in [-0.39, 0.29) is 0 Å². The molecule has 0 atom stereocenters. The van der Waals surface area contributed by atoms with Gasteiger partial charge < -0.3 is 23.7 Å². The largest absolute Gasteiger partial charge is 0.379 e. The highest BCUT2D eigenvalue weighted by Crippen LogP contribution is 1.91. The fourth-order valence-electron chi connectivity index (χ4n) is 1.66. The van der Waals surface area contributed by atoms with Crippen LogP contribution in [0.15, 0.2) is 5.11 Å². The van der Waals surface area contributed by atoms with Crippen molar-refractivity contribution in [2.45, 2.75) is 32.6 Å². The number of hydrogen-bond donors (Lipinski definition) is 0. The molecule has 0 rings (SSSR count). The molecular weight excluding hydrogens is 314 g/mol. The number of ether oxygens (including phenoxy) is 5. The minimum Gasteiger partial charge on any atom is -0.379 e. The number of unbranched alkanes of at least 4 members (excludes halogenated alkanes) is 2. The van der Waals surface area contributed by atoms with Gasteiger partial charge in [0.25, 0.3) is 0 Å². The molecule has 0 N–H and O–H groups in total. The molecule has 0 saturated heterocycles. The Morgan fingerprint density at radius 2 is 1.04 bits per heavy atom. The molecule has 0 aromatic heterocycles. The third-order valence-corrected chi connectivity index (χ3v) is 2.99. The molecule has 0 radical (unpaired) electrons. The molecule has 0 saturated carbocycles.